The number of carbonyl (C=O) groups excluding carboxylic acids is 2. The minimum absolute atomic E-state index is 0.205. The van der Waals surface area contributed by atoms with Crippen LogP contribution in [0.5, 0.6) is 0 Å². The molecule has 0 aromatic heterocycles. The van der Waals surface area contributed by atoms with E-state index < -0.39 is 12.1 Å². The van der Waals surface area contributed by atoms with Gasteiger partial charge in [0.1, 0.15) is 6.04 Å². The van der Waals surface area contributed by atoms with Crippen molar-refractivity contribution in [3.63, 3.8) is 0 Å². The fourth-order valence-corrected chi connectivity index (χ4v) is 5.05. The van der Waals surface area contributed by atoms with Crippen LogP contribution in [0.25, 0.3) is 32.3 Å². The lowest BCUT2D eigenvalue weighted by atomic mass is 9.87. The first-order chi connectivity index (χ1) is 16.1. The Bertz CT molecular complexity index is 1560. The number of nitrogens with zero attached hydrogens (tertiary/aromatic N) is 1. The lowest BCUT2D eigenvalue weighted by Gasteiger charge is -2.46. The number of fused-ring (bicyclic) bond motifs is 5. The van der Waals surface area contributed by atoms with Crippen molar-refractivity contribution in [2.24, 2.45) is 0 Å². The maximum absolute atomic E-state index is 13.4. The Hall–Kier alpha value is -4.18. The van der Waals surface area contributed by atoms with Gasteiger partial charge in [0.05, 0.1) is 5.69 Å². The summed E-state index contributed by atoms with van der Waals surface area (Å²) in [7, 11) is 0. The number of anilines is 1. The van der Waals surface area contributed by atoms with E-state index in [0.29, 0.717) is 0 Å². The third-order valence-electron chi connectivity index (χ3n) is 6.47. The van der Waals surface area contributed by atoms with E-state index in [-0.39, 0.29) is 11.9 Å². The van der Waals surface area contributed by atoms with Gasteiger partial charge in [0, 0.05) is 12.3 Å². The molecule has 0 spiro atoms. The molecule has 160 valence electrons. The minimum atomic E-state index is -0.832. The molecule has 1 aliphatic rings. The van der Waals surface area contributed by atoms with Crippen molar-refractivity contribution in [1.82, 2.24) is 0 Å². The van der Waals surface area contributed by atoms with Gasteiger partial charge in [0.2, 0.25) is 6.10 Å². The Labute approximate surface area is 191 Å². The van der Waals surface area contributed by atoms with E-state index in [1.54, 1.807) is 4.90 Å². The van der Waals surface area contributed by atoms with Crippen LogP contribution in [0.3, 0.4) is 0 Å². The molecular weight excluding hydrogens is 410 g/mol. The Morgan fingerprint density at radius 3 is 2.18 bits per heavy atom. The van der Waals surface area contributed by atoms with Gasteiger partial charge >= 0.3 is 5.97 Å². The Balaban J connectivity index is 1.66. The first-order valence-electron chi connectivity index (χ1n) is 11.0. The number of amides is 1. The molecule has 1 unspecified atom stereocenters. The molecule has 0 N–H and O–H groups in total. The Morgan fingerprint density at radius 1 is 0.758 bits per heavy atom. The van der Waals surface area contributed by atoms with Crippen molar-refractivity contribution in [1.29, 1.82) is 0 Å². The standard InChI is InChI=1S/C29H21NO3/c1-18(31)33-28-27(20-10-3-2-4-11-20)30(29(28)32)25-17-21-12-6-7-13-22(21)24-16-15-19-9-5-8-14-23(19)26(24)25/h2-17,27-28H,1H3/t27?,28-/m1/s1. The van der Waals surface area contributed by atoms with E-state index in [1.807, 2.05) is 54.6 Å². The zero-order chi connectivity index (χ0) is 22.5. The zero-order valence-corrected chi connectivity index (χ0v) is 18.1. The lowest BCUT2D eigenvalue weighted by molar-refractivity contribution is -0.160. The molecule has 1 aliphatic heterocycles. The molecule has 4 nitrogen and oxygen atoms in total. The summed E-state index contributed by atoms with van der Waals surface area (Å²) >= 11 is 0. The van der Waals surface area contributed by atoms with E-state index in [0.717, 1.165) is 43.6 Å². The highest BCUT2D eigenvalue weighted by Crippen LogP contribution is 2.47. The van der Waals surface area contributed by atoms with E-state index in [2.05, 4.69) is 42.5 Å². The van der Waals surface area contributed by atoms with Crippen LogP contribution < -0.4 is 4.90 Å². The van der Waals surface area contributed by atoms with Gasteiger partial charge in [-0.3, -0.25) is 14.5 Å². The highest BCUT2D eigenvalue weighted by atomic mass is 16.6. The third kappa shape index (κ3) is 2.99. The van der Waals surface area contributed by atoms with Crippen molar-refractivity contribution in [2.75, 3.05) is 4.90 Å². The second-order valence-electron chi connectivity index (χ2n) is 8.42. The highest BCUT2D eigenvalue weighted by molar-refractivity contribution is 6.25. The monoisotopic (exact) mass is 431 g/mol. The van der Waals surface area contributed by atoms with Crippen molar-refractivity contribution in [3.05, 3.63) is 103 Å². The predicted octanol–water partition coefficient (Wildman–Crippen LogP) is 6.17. The van der Waals surface area contributed by atoms with Gasteiger partial charge in [-0.25, -0.2) is 0 Å². The maximum Gasteiger partial charge on any atom is 0.303 e. The van der Waals surface area contributed by atoms with Crippen molar-refractivity contribution in [3.8, 4) is 0 Å². The number of esters is 1. The first kappa shape index (κ1) is 19.5. The van der Waals surface area contributed by atoms with Crippen LogP contribution in [0.15, 0.2) is 97.1 Å². The zero-order valence-electron chi connectivity index (χ0n) is 18.1. The van der Waals surface area contributed by atoms with Gasteiger partial charge in [-0.05, 0) is 38.6 Å². The van der Waals surface area contributed by atoms with E-state index in [4.69, 9.17) is 4.74 Å². The van der Waals surface area contributed by atoms with Crippen molar-refractivity contribution in [2.45, 2.75) is 19.1 Å². The molecule has 5 aromatic carbocycles. The Kier molecular flexibility index (Phi) is 4.40. The molecule has 6 rings (SSSR count). The summed E-state index contributed by atoms with van der Waals surface area (Å²) in [5.74, 6) is -0.661. The minimum Gasteiger partial charge on any atom is -0.450 e. The van der Waals surface area contributed by atoms with Gasteiger partial charge < -0.3 is 4.74 Å². The molecule has 1 saturated heterocycles. The van der Waals surface area contributed by atoms with E-state index in [1.165, 1.54) is 6.92 Å². The molecule has 0 saturated carbocycles. The quantitative estimate of drug-likeness (QED) is 0.195. The summed E-state index contributed by atoms with van der Waals surface area (Å²) in [6.07, 6.45) is -0.832. The molecule has 0 radical (unpaired) electrons. The Morgan fingerprint density at radius 2 is 1.42 bits per heavy atom. The summed E-state index contributed by atoms with van der Waals surface area (Å²) in [4.78, 5) is 27.0. The summed E-state index contributed by atoms with van der Waals surface area (Å²) in [6.45, 7) is 1.34. The van der Waals surface area contributed by atoms with Crippen LogP contribution >= 0.6 is 0 Å². The van der Waals surface area contributed by atoms with Crippen LogP contribution in [0.2, 0.25) is 0 Å². The first-order valence-corrected chi connectivity index (χ1v) is 11.0. The van der Waals surface area contributed by atoms with Crippen LogP contribution in [-0.4, -0.2) is 18.0 Å². The smallest absolute Gasteiger partial charge is 0.303 e. The molecule has 1 amide bonds. The number of ether oxygens (including phenoxy) is 1. The molecule has 1 fully saturated rings. The number of hydrogen-bond acceptors (Lipinski definition) is 3. The van der Waals surface area contributed by atoms with Gasteiger partial charge in [-0.2, -0.15) is 0 Å². The van der Waals surface area contributed by atoms with Gasteiger partial charge in [0.15, 0.2) is 0 Å². The van der Waals surface area contributed by atoms with Crippen molar-refractivity contribution >= 4 is 49.9 Å². The highest BCUT2D eigenvalue weighted by Gasteiger charge is 2.52. The average Bonchev–Trinajstić information content (AvgIpc) is 2.85. The maximum atomic E-state index is 13.4. The molecule has 5 aromatic rings. The van der Waals surface area contributed by atoms with E-state index in [9.17, 15) is 9.59 Å². The summed E-state index contributed by atoms with van der Waals surface area (Å²) in [6, 6.07) is 32.2. The second-order valence-corrected chi connectivity index (χ2v) is 8.42. The average molecular weight is 431 g/mol. The van der Waals surface area contributed by atoms with Gasteiger partial charge in [-0.15, -0.1) is 0 Å². The lowest BCUT2D eigenvalue weighted by Crippen LogP contribution is -2.60. The summed E-state index contributed by atoms with van der Waals surface area (Å²) in [5, 5.41) is 6.53. The molecule has 0 bridgehead atoms. The molecule has 0 aliphatic carbocycles. The number of benzene rings is 5. The fraction of sp³-hybridized carbons (Fsp3) is 0.103. The van der Waals surface area contributed by atoms with Crippen LogP contribution in [0.4, 0.5) is 5.69 Å². The van der Waals surface area contributed by atoms with Gasteiger partial charge in [0.25, 0.3) is 5.91 Å². The fourth-order valence-electron chi connectivity index (χ4n) is 5.05. The van der Waals surface area contributed by atoms with Gasteiger partial charge in [-0.1, -0.05) is 91.0 Å². The number of β-lactam (4-membered cyclic amide) rings is 1. The largest absolute Gasteiger partial charge is 0.450 e. The number of hydrogen-bond donors (Lipinski definition) is 0. The second kappa shape index (κ2) is 7.45. The molecule has 1 heterocycles. The molecule has 2 atom stereocenters. The SMILES string of the molecule is CC(=O)O[C@H]1C(=O)N(c2cc3ccccc3c3ccc4ccccc4c23)C1c1ccccc1. The molecule has 33 heavy (non-hydrogen) atoms. The molecular formula is C29H21NO3. The number of carbonyl (C=O) groups is 2. The normalized spacial score (nSPS) is 18.0. The number of rotatable bonds is 3. The van der Waals surface area contributed by atoms with Crippen LogP contribution in [0, 0.1) is 0 Å². The topological polar surface area (TPSA) is 46.6 Å². The van der Waals surface area contributed by atoms with E-state index >= 15 is 0 Å². The van der Waals surface area contributed by atoms with Crippen LogP contribution in [-0.2, 0) is 14.3 Å². The summed E-state index contributed by atoms with van der Waals surface area (Å²) < 4.78 is 5.47. The van der Waals surface area contributed by atoms with Crippen LogP contribution in [0.1, 0.15) is 18.5 Å². The molecule has 4 heteroatoms. The predicted molar refractivity (Wildman–Crippen MR) is 131 cm³/mol. The van der Waals surface area contributed by atoms with Crippen molar-refractivity contribution < 1.29 is 14.3 Å². The third-order valence-corrected chi connectivity index (χ3v) is 6.47. The summed E-state index contributed by atoms with van der Waals surface area (Å²) in [5.41, 5.74) is 1.77.